The highest BCUT2D eigenvalue weighted by Gasteiger charge is 2.22. The average molecular weight is 336 g/mol. The molecule has 0 N–H and O–H groups in total. The predicted molar refractivity (Wildman–Crippen MR) is 100.0 cm³/mol. The van der Waals surface area contributed by atoms with Gasteiger partial charge in [0, 0.05) is 29.0 Å². The molecule has 1 aromatic carbocycles. The van der Waals surface area contributed by atoms with Crippen LogP contribution in [0.15, 0.2) is 53.8 Å². The van der Waals surface area contributed by atoms with E-state index in [9.17, 15) is 0 Å². The largest absolute Gasteiger partial charge is 0.497 e. The van der Waals surface area contributed by atoms with Gasteiger partial charge in [0.25, 0.3) is 0 Å². The quantitative estimate of drug-likeness (QED) is 0.623. The molecule has 0 aliphatic heterocycles. The number of aromatic nitrogens is 1. The molecule has 3 nitrogen and oxygen atoms in total. The zero-order valence-corrected chi connectivity index (χ0v) is 14.6. The number of rotatable bonds is 5. The topological polar surface area (TPSA) is 26.5 Å². The Morgan fingerprint density at radius 1 is 1.17 bits per heavy atom. The van der Waals surface area contributed by atoms with Crippen molar-refractivity contribution in [1.29, 1.82) is 0 Å². The SMILES string of the molecule is COc1ccc(C=NCc2c(-n3cccc3)sc3c2CCC3)cc1. The van der Waals surface area contributed by atoms with Crippen LogP contribution in [0.3, 0.4) is 0 Å². The Hall–Kier alpha value is -2.33. The number of nitrogens with zero attached hydrogens (tertiary/aromatic N) is 2. The first-order valence-electron chi connectivity index (χ1n) is 8.26. The number of fused-ring (bicyclic) bond motifs is 1. The first-order chi connectivity index (χ1) is 11.8. The van der Waals surface area contributed by atoms with E-state index in [1.807, 2.05) is 41.8 Å². The maximum atomic E-state index is 5.19. The number of thiophene rings is 1. The molecule has 0 fully saturated rings. The van der Waals surface area contributed by atoms with Crippen LogP contribution in [0.5, 0.6) is 5.75 Å². The Bertz CT molecular complexity index is 845. The van der Waals surface area contributed by atoms with Crippen molar-refractivity contribution in [2.24, 2.45) is 4.99 Å². The predicted octanol–water partition coefficient (Wildman–Crippen LogP) is 4.66. The smallest absolute Gasteiger partial charge is 0.118 e. The molecule has 1 aliphatic rings. The Balaban J connectivity index is 1.58. The molecule has 2 aromatic heterocycles. The Kier molecular flexibility index (Phi) is 4.22. The number of hydrogen-bond donors (Lipinski definition) is 0. The van der Waals surface area contributed by atoms with E-state index in [1.165, 1.54) is 35.4 Å². The van der Waals surface area contributed by atoms with Crippen LogP contribution >= 0.6 is 11.3 Å². The molecule has 4 heteroatoms. The van der Waals surface area contributed by atoms with Crippen LogP contribution < -0.4 is 4.74 Å². The number of ether oxygens (including phenoxy) is 1. The van der Waals surface area contributed by atoms with Crippen molar-refractivity contribution in [3.63, 3.8) is 0 Å². The van der Waals surface area contributed by atoms with E-state index in [4.69, 9.17) is 9.73 Å². The molecule has 0 radical (unpaired) electrons. The standard InChI is InChI=1S/C20H20N2OS/c1-23-16-9-7-15(8-10-16)13-21-14-18-17-5-4-6-19(17)24-20(18)22-11-2-3-12-22/h2-3,7-13H,4-6,14H2,1H3. The summed E-state index contributed by atoms with van der Waals surface area (Å²) in [6.45, 7) is 0.741. The molecule has 0 amide bonds. The monoisotopic (exact) mass is 336 g/mol. The van der Waals surface area contributed by atoms with Crippen LogP contribution in [0.1, 0.15) is 28.0 Å². The molecule has 1 aliphatic carbocycles. The van der Waals surface area contributed by atoms with Crippen molar-refractivity contribution in [3.05, 3.63) is 70.4 Å². The molecule has 0 atom stereocenters. The zero-order valence-electron chi connectivity index (χ0n) is 13.7. The van der Waals surface area contributed by atoms with Crippen LogP contribution in [0.25, 0.3) is 5.00 Å². The summed E-state index contributed by atoms with van der Waals surface area (Å²) in [5.41, 5.74) is 4.04. The van der Waals surface area contributed by atoms with Gasteiger partial charge in [0.15, 0.2) is 0 Å². The highest BCUT2D eigenvalue weighted by molar-refractivity contribution is 7.15. The van der Waals surface area contributed by atoms with Gasteiger partial charge in [-0.1, -0.05) is 0 Å². The molecule has 0 bridgehead atoms. The summed E-state index contributed by atoms with van der Waals surface area (Å²) in [6, 6.07) is 12.2. The maximum Gasteiger partial charge on any atom is 0.118 e. The first kappa shape index (κ1) is 15.2. The van der Waals surface area contributed by atoms with Gasteiger partial charge in [0.1, 0.15) is 10.8 Å². The van der Waals surface area contributed by atoms with Gasteiger partial charge in [-0.05, 0) is 66.8 Å². The van der Waals surface area contributed by atoms with Crippen molar-refractivity contribution in [2.45, 2.75) is 25.8 Å². The van der Waals surface area contributed by atoms with Crippen LogP contribution in [0, 0.1) is 0 Å². The van der Waals surface area contributed by atoms with Gasteiger partial charge >= 0.3 is 0 Å². The minimum absolute atomic E-state index is 0.741. The third-order valence-electron chi connectivity index (χ3n) is 4.45. The van der Waals surface area contributed by atoms with Gasteiger partial charge in [-0.25, -0.2) is 0 Å². The number of aliphatic imine (C=N–C) groups is 1. The van der Waals surface area contributed by atoms with Crippen LogP contribution in [0.4, 0.5) is 0 Å². The second kappa shape index (κ2) is 6.65. The maximum absolute atomic E-state index is 5.19. The number of hydrogen-bond acceptors (Lipinski definition) is 3. The third kappa shape index (κ3) is 2.89. The first-order valence-corrected chi connectivity index (χ1v) is 9.07. The molecule has 2 heterocycles. The minimum Gasteiger partial charge on any atom is -0.497 e. The summed E-state index contributed by atoms with van der Waals surface area (Å²) in [5.74, 6) is 0.873. The van der Waals surface area contributed by atoms with Crippen molar-refractivity contribution in [3.8, 4) is 10.8 Å². The molecule has 0 saturated carbocycles. The van der Waals surface area contributed by atoms with Crippen molar-refractivity contribution in [2.75, 3.05) is 7.11 Å². The normalized spacial score (nSPS) is 13.5. The van der Waals surface area contributed by atoms with Crippen molar-refractivity contribution < 1.29 is 4.74 Å². The van der Waals surface area contributed by atoms with Gasteiger partial charge in [-0.2, -0.15) is 0 Å². The summed E-state index contributed by atoms with van der Waals surface area (Å²) in [7, 11) is 1.68. The summed E-state index contributed by atoms with van der Waals surface area (Å²) in [5, 5.41) is 1.33. The van der Waals surface area contributed by atoms with Crippen LogP contribution in [0.2, 0.25) is 0 Å². The minimum atomic E-state index is 0.741. The van der Waals surface area contributed by atoms with E-state index < -0.39 is 0 Å². The van der Waals surface area contributed by atoms with Gasteiger partial charge in [0.2, 0.25) is 0 Å². The van der Waals surface area contributed by atoms with E-state index in [1.54, 1.807) is 12.0 Å². The van der Waals surface area contributed by atoms with Gasteiger partial charge in [-0.15, -0.1) is 11.3 Å². The number of methoxy groups -OCH3 is 1. The highest BCUT2D eigenvalue weighted by Crippen LogP contribution is 2.38. The van der Waals surface area contributed by atoms with Crippen molar-refractivity contribution in [1.82, 2.24) is 4.57 Å². The van der Waals surface area contributed by atoms with Gasteiger partial charge in [0.05, 0.1) is 13.7 Å². The lowest BCUT2D eigenvalue weighted by molar-refractivity contribution is 0.415. The van der Waals surface area contributed by atoms with Crippen molar-refractivity contribution >= 4 is 17.6 Å². The summed E-state index contributed by atoms with van der Waals surface area (Å²) in [4.78, 5) is 6.26. The van der Waals surface area contributed by atoms with E-state index in [-0.39, 0.29) is 0 Å². The van der Waals surface area contributed by atoms with E-state index >= 15 is 0 Å². The lowest BCUT2D eigenvalue weighted by atomic mass is 10.1. The third-order valence-corrected chi connectivity index (χ3v) is 5.80. The highest BCUT2D eigenvalue weighted by atomic mass is 32.1. The summed E-state index contributed by atoms with van der Waals surface area (Å²) >= 11 is 1.93. The Morgan fingerprint density at radius 2 is 1.96 bits per heavy atom. The Labute approximate surface area is 146 Å². The molecule has 0 saturated heterocycles. The molecule has 0 spiro atoms. The molecule has 0 unspecified atom stereocenters. The van der Waals surface area contributed by atoms with Gasteiger partial charge < -0.3 is 9.30 Å². The van der Waals surface area contributed by atoms with Gasteiger partial charge in [-0.3, -0.25) is 4.99 Å². The molecular weight excluding hydrogens is 316 g/mol. The zero-order chi connectivity index (χ0) is 16.4. The van der Waals surface area contributed by atoms with Crippen LogP contribution in [-0.2, 0) is 19.4 Å². The lowest BCUT2D eigenvalue weighted by Crippen LogP contribution is -1.95. The van der Waals surface area contributed by atoms with E-state index in [2.05, 4.69) is 29.1 Å². The molecule has 3 aromatic rings. The lowest BCUT2D eigenvalue weighted by Gasteiger charge is -2.05. The molecule has 122 valence electrons. The number of benzene rings is 1. The summed E-state index contributed by atoms with van der Waals surface area (Å²) in [6.07, 6.45) is 9.90. The Morgan fingerprint density at radius 3 is 2.71 bits per heavy atom. The fourth-order valence-corrected chi connectivity index (χ4v) is 4.60. The van der Waals surface area contributed by atoms with E-state index in [0.717, 1.165) is 17.9 Å². The average Bonchev–Trinajstić information content (AvgIpc) is 3.33. The fourth-order valence-electron chi connectivity index (χ4n) is 3.23. The summed E-state index contributed by atoms with van der Waals surface area (Å²) < 4.78 is 7.42. The molecular formula is C20H20N2OS. The van der Waals surface area contributed by atoms with E-state index in [0.29, 0.717) is 0 Å². The second-order valence-electron chi connectivity index (χ2n) is 5.97. The second-order valence-corrected chi connectivity index (χ2v) is 7.06. The molecule has 4 rings (SSSR count). The van der Waals surface area contributed by atoms with Crippen LogP contribution in [-0.4, -0.2) is 17.9 Å². The fraction of sp³-hybridized carbons (Fsp3) is 0.250. The number of aryl methyl sites for hydroxylation is 1. The molecule has 24 heavy (non-hydrogen) atoms.